The van der Waals surface area contributed by atoms with E-state index in [1.165, 1.54) is 22.3 Å². The predicted octanol–water partition coefficient (Wildman–Crippen LogP) is 4.02. The van der Waals surface area contributed by atoms with Crippen LogP contribution in [0, 0.1) is 6.92 Å². The summed E-state index contributed by atoms with van der Waals surface area (Å²) in [5, 5.41) is 0. The maximum Gasteiger partial charge on any atom is 0.0362 e. The monoisotopic (exact) mass is 294 g/mol. The minimum Gasteiger partial charge on any atom is -0.398 e. The summed E-state index contributed by atoms with van der Waals surface area (Å²) in [6.07, 6.45) is 1.10. The number of fused-ring (bicyclic) bond motifs is 1. The highest BCUT2D eigenvalue weighted by atomic mass is 14.6. The Bertz CT molecular complexity index is 730. The molecule has 2 nitrogen and oxygen atoms in total. The van der Waals surface area contributed by atoms with Crippen LogP contribution in [0.15, 0.2) is 36.4 Å². The number of anilines is 1. The zero-order valence-corrected chi connectivity index (χ0v) is 14.0. The Morgan fingerprint density at radius 3 is 2.36 bits per heavy atom. The van der Waals surface area contributed by atoms with E-state index in [9.17, 15) is 0 Å². The van der Waals surface area contributed by atoms with Gasteiger partial charge in [0.25, 0.3) is 0 Å². The summed E-state index contributed by atoms with van der Waals surface area (Å²) in [5.74, 6) is 0. The molecule has 0 heterocycles. The second kappa shape index (κ2) is 4.85. The smallest absolute Gasteiger partial charge is 0.0362 e. The zero-order chi connectivity index (χ0) is 16.1. The molecular formula is C20H26N2. The maximum absolute atomic E-state index is 6.20. The molecule has 0 fully saturated rings. The molecule has 1 aliphatic carbocycles. The molecule has 1 aliphatic rings. The van der Waals surface area contributed by atoms with Gasteiger partial charge in [-0.3, -0.25) is 0 Å². The summed E-state index contributed by atoms with van der Waals surface area (Å²) in [7, 11) is 0. The molecule has 3 rings (SSSR count). The third-order valence-corrected chi connectivity index (χ3v) is 5.30. The minimum absolute atomic E-state index is 0.00605. The lowest BCUT2D eigenvalue weighted by Crippen LogP contribution is -2.24. The molecule has 2 aromatic rings. The highest BCUT2D eigenvalue weighted by Crippen LogP contribution is 2.53. The van der Waals surface area contributed by atoms with E-state index in [-0.39, 0.29) is 10.8 Å². The first-order chi connectivity index (χ1) is 10.3. The van der Waals surface area contributed by atoms with Gasteiger partial charge < -0.3 is 11.5 Å². The Kier molecular flexibility index (Phi) is 3.33. The Hall–Kier alpha value is -1.80. The molecule has 0 aromatic heterocycles. The van der Waals surface area contributed by atoms with E-state index in [0.29, 0.717) is 6.54 Å². The summed E-state index contributed by atoms with van der Waals surface area (Å²) >= 11 is 0. The molecule has 0 amide bonds. The highest BCUT2D eigenvalue weighted by Gasteiger charge is 2.45. The fourth-order valence-electron chi connectivity index (χ4n) is 4.16. The van der Waals surface area contributed by atoms with E-state index in [1.54, 1.807) is 0 Å². The summed E-state index contributed by atoms with van der Waals surface area (Å²) < 4.78 is 0. The Balaban J connectivity index is 2.19. The molecule has 0 saturated heterocycles. The molecule has 1 atom stereocenters. The number of hydrogen-bond donors (Lipinski definition) is 2. The van der Waals surface area contributed by atoms with Crippen LogP contribution in [0.3, 0.4) is 0 Å². The van der Waals surface area contributed by atoms with E-state index in [0.717, 1.165) is 17.7 Å². The van der Waals surface area contributed by atoms with Crippen LogP contribution in [0.25, 0.3) is 0 Å². The van der Waals surface area contributed by atoms with Gasteiger partial charge >= 0.3 is 0 Å². The summed E-state index contributed by atoms with van der Waals surface area (Å²) in [6.45, 7) is 9.67. The van der Waals surface area contributed by atoms with Gasteiger partial charge in [-0.15, -0.1) is 0 Å². The zero-order valence-electron chi connectivity index (χ0n) is 14.0. The van der Waals surface area contributed by atoms with Gasteiger partial charge in [0, 0.05) is 17.6 Å². The van der Waals surface area contributed by atoms with Crippen LogP contribution in [0.2, 0.25) is 0 Å². The second-order valence-corrected chi connectivity index (χ2v) is 7.56. The van der Waals surface area contributed by atoms with Crippen molar-refractivity contribution in [2.24, 2.45) is 5.73 Å². The van der Waals surface area contributed by atoms with Gasteiger partial charge in [-0.1, -0.05) is 56.7 Å². The van der Waals surface area contributed by atoms with E-state index in [4.69, 9.17) is 11.5 Å². The number of nitrogen functional groups attached to an aromatic ring is 1. The first kappa shape index (κ1) is 15.1. The molecule has 0 radical (unpaired) electrons. The molecule has 2 aromatic carbocycles. The number of aryl methyl sites for hydroxylation is 1. The largest absolute Gasteiger partial charge is 0.398 e. The van der Waals surface area contributed by atoms with Gasteiger partial charge in [-0.25, -0.2) is 0 Å². The maximum atomic E-state index is 6.20. The van der Waals surface area contributed by atoms with Crippen molar-refractivity contribution >= 4 is 5.69 Å². The summed E-state index contributed by atoms with van der Waals surface area (Å²) in [5.41, 5.74) is 19.5. The van der Waals surface area contributed by atoms with Gasteiger partial charge in [-0.05, 0) is 47.1 Å². The van der Waals surface area contributed by atoms with Gasteiger partial charge in [0.2, 0.25) is 0 Å². The van der Waals surface area contributed by atoms with Crippen LogP contribution in [0.1, 0.15) is 55.0 Å². The van der Waals surface area contributed by atoms with Crippen molar-refractivity contribution in [3.8, 4) is 0 Å². The first-order valence-electron chi connectivity index (χ1n) is 7.98. The molecule has 0 bridgehead atoms. The molecule has 116 valence electrons. The molecule has 22 heavy (non-hydrogen) atoms. The quantitative estimate of drug-likeness (QED) is 0.822. The summed E-state index contributed by atoms with van der Waals surface area (Å²) in [4.78, 5) is 0. The van der Waals surface area contributed by atoms with Crippen LogP contribution in [-0.4, -0.2) is 0 Å². The van der Waals surface area contributed by atoms with Crippen molar-refractivity contribution in [2.75, 3.05) is 5.73 Å². The number of hydrogen-bond acceptors (Lipinski definition) is 2. The average Bonchev–Trinajstić information content (AvgIpc) is 2.66. The fraction of sp³-hybridized carbons (Fsp3) is 0.400. The fourth-order valence-corrected chi connectivity index (χ4v) is 4.16. The topological polar surface area (TPSA) is 52.0 Å². The van der Waals surface area contributed by atoms with Crippen molar-refractivity contribution < 1.29 is 0 Å². The van der Waals surface area contributed by atoms with Crippen molar-refractivity contribution in [3.63, 3.8) is 0 Å². The Labute approximate surface area is 133 Å². The van der Waals surface area contributed by atoms with Crippen LogP contribution < -0.4 is 11.5 Å². The Morgan fingerprint density at radius 2 is 1.73 bits per heavy atom. The molecule has 0 spiro atoms. The molecule has 2 heteroatoms. The molecule has 0 saturated carbocycles. The number of rotatable bonds is 2. The Morgan fingerprint density at radius 1 is 1.00 bits per heavy atom. The third-order valence-electron chi connectivity index (χ3n) is 5.30. The van der Waals surface area contributed by atoms with Gasteiger partial charge in [0.15, 0.2) is 0 Å². The van der Waals surface area contributed by atoms with Crippen molar-refractivity contribution in [3.05, 3.63) is 64.2 Å². The van der Waals surface area contributed by atoms with Crippen LogP contribution in [0.4, 0.5) is 5.69 Å². The third kappa shape index (κ3) is 2.14. The van der Waals surface area contributed by atoms with Crippen molar-refractivity contribution in [1.82, 2.24) is 0 Å². The number of benzene rings is 2. The minimum atomic E-state index is 0.00605. The standard InChI is InChI=1S/C20H26N2/c1-13-5-8-16-17(9-13)20(4,12-19(16,2)3)15-7-6-14(11-21)18(22)10-15/h5-10H,11-12,21-22H2,1-4H3. The van der Waals surface area contributed by atoms with E-state index in [1.807, 2.05) is 0 Å². The van der Waals surface area contributed by atoms with Gasteiger partial charge in [0.05, 0.1) is 0 Å². The van der Waals surface area contributed by atoms with Crippen LogP contribution in [0.5, 0.6) is 0 Å². The normalized spacial score (nSPS) is 22.6. The van der Waals surface area contributed by atoms with Crippen LogP contribution >= 0.6 is 0 Å². The first-order valence-corrected chi connectivity index (χ1v) is 7.98. The molecule has 0 aliphatic heterocycles. The predicted molar refractivity (Wildman–Crippen MR) is 94.0 cm³/mol. The molecule has 4 N–H and O–H groups in total. The van der Waals surface area contributed by atoms with Crippen molar-refractivity contribution in [2.45, 2.75) is 51.5 Å². The highest BCUT2D eigenvalue weighted by molar-refractivity contribution is 5.57. The molecular weight excluding hydrogens is 268 g/mol. The lowest BCUT2D eigenvalue weighted by atomic mass is 9.74. The lowest BCUT2D eigenvalue weighted by Gasteiger charge is -2.29. The average molecular weight is 294 g/mol. The second-order valence-electron chi connectivity index (χ2n) is 7.56. The number of nitrogens with two attached hydrogens (primary N) is 2. The van der Waals surface area contributed by atoms with E-state index < -0.39 is 0 Å². The SMILES string of the molecule is Cc1ccc2c(c1)C(C)(c1ccc(CN)c(N)c1)CC2(C)C. The summed E-state index contributed by atoms with van der Waals surface area (Å²) in [6, 6.07) is 13.3. The van der Waals surface area contributed by atoms with Gasteiger partial charge in [0.1, 0.15) is 0 Å². The lowest BCUT2D eigenvalue weighted by molar-refractivity contribution is 0.425. The van der Waals surface area contributed by atoms with Gasteiger partial charge in [-0.2, -0.15) is 0 Å². The van der Waals surface area contributed by atoms with E-state index >= 15 is 0 Å². The van der Waals surface area contributed by atoms with Crippen LogP contribution in [-0.2, 0) is 17.4 Å². The van der Waals surface area contributed by atoms with E-state index in [2.05, 4.69) is 64.1 Å². The molecule has 1 unspecified atom stereocenters. The van der Waals surface area contributed by atoms with Crippen molar-refractivity contribution in [1.29, 1.82) is 0 Å².